The highest BCUT2D eigenvalue weighted by atomic mass is 32.1. The molecule has 0 aliphatic rings. The van der Waals surface area contributed by atoms with E-state index in [-0.39, 0.29) is 0 Å². The van der Waals surface area contributed by atoms with E-state index in [9.17, 15) is 0 Å². The molecule has 5 heteroatoms. The lowest BCUT2D eigenvalue weighted by molar-refractivity contribution is 0.0797. The summed E-state index contributed by atoms with van der Waals surface area (Å²) >= 11 is 1.89. The lowest BCUT2D eigenvalue weighted by Gasteiger charge is -2.22. The molecule has 0 atom stereocenters. The molecule has 4 nitrogen and oxygen atoms in total. The highest BCUT2D eigenvalue weighted by Gasteiger charge is 2.11. The summed E-state index contributed by atoms with van der Waals surface area (Å²) in [7, 11) is 1.99. The van der Waals surface area contributed by atoms with Gasteiger partial charge in [-0.25, -0.2) is 0 Å². The average molecular weight is 314 g/mol. The fraction of sp³-hybridized carbons (Fsp3) is 0.750. The van der Waals surface area contributed by atoms with Crippen molar-refractivity contribution in [1.29, 1.82) is 0 Å². The maximum absolute atomic E-state index is 5.49. The molecule has 0 aromatic carbocycles. The van der Waals surface area contributed by atoms with Crippen molar-refractivity contribution in [3.8, 4) is 0 Å². The highest BCUT2D eigenvalue weighted by Crippen LogP contribution is 2.22. The molecule has 0 spiro atoms. The quantitative estimate of drug-likeness (QED) is 0.601. The number of rotatable bonds is 12. The molecule has 0 bridgehead atoms. The topological polar surface area (TPSA) is 33.7 Å². The van der Waals surface area contributed by atoms with Gasteiger partial charge in [0.05, 0.1) is 13.2 Å². The van der Waals surface area contributed by atoms with Crippen LogP contribution in [-0.2, 0) is 22.6 Å². The van der Waals surface area contributed by atoms with Crippen LogP contribution in [0.2, 0.25) is 0 Å². The SMILES string of the molecule is CCOCCN(CCOCC)Cc1cc(CNC)sc1C. The second kappa shape index (κ2) is 11.2. The molecule has 122 valence electrons. The average Bonchev–Trinajstić information content (AvgIpc) is 2.79. The zero-order valence-corrected chi connectivity index (χ0v) is 14.7. The van der Waals surface area contributed by atoms with Gasteiger partial charge in [0.25, 0.3) is 0 Å². The summed E-state index contributed by atoms with van der Waals surface area (Å²) in [6, 6.07) is 2.32. The monoisotopic (exact) mass is 314 g/mol. The number of thiophene rings is 1. The molecule has 0 saturated heterocycles. The van der Waals surface area contributed by atoms with Crippen LogP contribution in [0.3, 0.4) is 0 Å². The Bertz CT molecular complexity index is 372. The summed E-state index contributed by atoms with van der Waals surface area (Å²) in [6.45, 7) is 13.3. The van der Waals surface area contributed by atoms with Gasteiger partial charge in [0.2, 0.25) is 0 Å². The first-order valence-corrected chi connectivity index (χ1v) is 8.63. The summed E-state index contributed by atoms with van der Waals surface area (Å²) in [5.74, 6) is 0. The third-order valence-electron chi connectivity index (χ3n) is 3.33. The van der Waals surface area contributed by atoms with Crippen LogP contribution in [0.1, 0.15) is 29.2 Å². The van der Waals surface area contributed by atoms with Gasteiger partial charge in [-0.1, -0.05) is 0 Å². The highest BCUT2D eigenvalue weighted by molar-refractivity contribution is 7.12. The summed E-state index contributed by atoms with van der Waals surface area (Å²) in [6.07, 6.45) is 0. The van der Waals surface area contributed by atoms with Gasteiger partial charge in [-0.05, 0) is 39.4 Å². The smallest absolute Gasteiger partial charge is 0.0593 e. The van der Waals surface area contributed by atoms with E-state index in [0.717, 1.165) is 52.6 Å². The molecule has 0 fully saturated rings. The van der Waals surface area contributed by atoms with Crippen LogP contribution in [-0.4, -0.2) is 51.5 Å². The van der Waals surface area contributed by atoms with Crippen LogP contribution in [0.25, 0.3) is 0 Å². The van der Waals surface area contributed by atoms with Crippen LogP contribution in [0.15, 0.2) is 6.07 Å². The van der Waals surface area contributed by atoms with Crippen molar-refractivity contribution >= 4 is 11.3 Å². The van der Waals surface area contributed by atoms with Gasteiger partial charge >= 0.3 is 0 Å². The maximum atomic E-state index is 5.49. The number of nitrogens with one attached hydrogen (secondary N) is 1. The molecular weight excluding hydrogens is 284 g/mol. The second-order valence-corrected chi connectivity index (χ2v) is 6.34. The Hall–Kier alpha value is -0.460. The molecule has 0 aliphatic carbocycles. The Labute approximate surface area is 133 Å². The van der Waals surface area contributed by atoms with Gasteiger partial charge in [0, 0.05) is 49.1 Å². The Morgan fingerprint density at radius 2 is 1.76 bits per heavy atom. The molecule has 0 unspecified atom stereocenters. The van der Waals surface area contributed by atoms with Crippen molar-refractivity contribution < 1.29 is 9.47 Å². The van der Waals surface area contributed by atoms with Gasteiger partial charge in [0.1, 0.15) is 0 Å². The maximum Gasteiger partial charge on any atom is 0.0593 e. The minimum Gasteiger partial charge on any atom is -0.380 e. The Kier molecular flexibility index (Phi) is 9.87. The van der Waals surface area contributed by atoms with E-state index >= 15 is 0 Å². The Balaban J connectivity index is 2.56. The molecule has 0 aliphatic heterocycles. The standard InChI is InChI=1S/C16H30N2O2S/c1-5-19-9-7-18(8-10-20-6-2)13-15-11-16(12-17-4)21-14(15)3/h11,17H,5-10,12-13H2,1-4H3. The molecule has 1 N–H and O–H groups in total. The lowest BCUT2D eigenvalue weighted by Crippen LogP contribution is -2.30. The fourth-order valence-corrected chi connectivity index (χ4v) is 3.26. The number of ether oxygens (including phenoxy) is 2. The van der Waals surface area contributed by atoms with Crippen molar-refractivity contribution in [2.24, 2.45) is 0 Å². The van der Waals surface area contributed by atoms with Crippen LogP contribution in [0, 0.1) is 6.92 Å². The van der Waals surface area contributed by atoms with E-state index in [1.807, 2.05) is 32.2 Å². The van der Waals surface area contributed by atoms with E-state index < -0.39 is 0 Å². The number of nitrogens with zero attached hydrogens (tertiary/aromatic N) is 1. The first-order valence-electron chi connectivity index (χ1n) is 7.81. The zero-order valence-electron chi connectivity index (χ0n) is 13.9. The minimum atomic E-state index is 0.781. The summed E-state index contributed by atoms with van der Waals surface area (Å²) in [5, 5.41) is 3.22. The van der Waals surface area contributed by atoms with Crippen molar-refractivity contribution in [3.63, 3.8) is 0 Å². The third-order valence-corrected chi connectivity index (χ3v) is 4.42. The molecule has 0 saturated carbocycles. The molecule has 1 aromatic rings. The number of aryl methyl sites for hydroxylation is 1. The van der Waals surface area contributed by atoms with Crippen LogP contribution < -0.4 is 5.32 Å². The van der Waals surface area contributed by atoms with Crippen molar-refractivity contribution in [2.45, 2.75) is 33.9 Å². The molecule has 1 heterocycles. The molecule has 1 rings (SSSR count). The van der Waals surface area contributed by atoms with Gasteiger partial charge in [-0.15, -0.1) is 11.3 Å². The first kappa shape index (κ1) is 18.6. The first-order chi connectivity index (χ1) is 10.2. The number of hydrogen-bond donors (Lipinski definition) is 1. The van der Waals surface area contributed by atoms with Crippen molar-refractivity contribution in [1.82, 2.24) is 10.2 Å². The molecule has 0 amide bonds. The number of hydrogen-bond acceptors (Lipinski definition) is 5. The van der Waals surface area contributed by atoms with Crippen molar-refractivity contribution in [2.75, 3.05) is 46.6 Å². The Morgan fingerprint density at radius 3 is 2.29 bits per heavy atom. The molecule has 0 radical (unpaired) electrons. The summed E-state index contributed by atoms with van der Waals surface area (Å²) in [4.78, 5) is 5.24. The predicted octanol–water partition coefficient (Wildman–Crippen LogP) is 2.65. The van der Waals surface area contributed by atoms with Gasteiger partial charge < -0.3 is 14.8 Å². The largest absolute Gasteiger partial charge is 0.380 e. The Morgan fingerprint density at radius 1 is 1.14 bits per heavy atom. The van der Waals surface area contributed by atoms with Crippen LogP contribution in [0.5, 0.6) is 0 Å². The zero-order chi connectivity index (χ0) is 15.5. The minimum absolute atomic E-state index is 0.781. The van der Waals surface area contributed by atoms with Gasteiger partial charge in [-0.2, -0.15) is 0 Å². The third kappa shape index (κ3) is 7.38. The molecule has 1 aromatic heterocycles. The lowest BCUT2D eigenvalue weighted by atomic mass is 10.2. The molecule has 21 heavy (non-hydrogen) atoms. The van der Waals surface area contributed by atoms with Crippen LogP contribution >= 0.6 is 11.3 Å². The van der Waals surface area contributed by atoms with Crippen LogP contribution in [0.4, 0.5) is 0 Å². The van der Waals surface area contributed by atoms with Gasteiger partial charge in [0.15, 0.2) is 0 Å². The predicted molar refractivity (Wildman–Crippen MR) is 90.1 cm³/mol. The van der Waals surface area contributed by atoms with E-state index in [1.54, 1.807) is 0 Å². The summed E-state index contributed by atoms with van der Waals surface area (Å²) in [5.41, 5.74) is 1.43. The van der Waals surface area contributed by atoms with Crippen molar-refractivity contribution in [3.05, 3.63) is 21.4 Å². The van der Waals surface area contributed by atoms with Gasteiger partial charge in [-0.3, -0.25) is 4.90 Å². The summed E-state index contributed by atoms with van der Waals surface area (Å²) < 4.78 is 11.0. The normalized spacial score (nSPS) is 11.5. The van der Waals surface area contributed by atoms with E-state index in [0.29, 0.717) is 0 Å². The van der Waals surface area contributed by atoms with E-state index in [1.165, 1.54) is 15.3 Å². The molecular formula is C16H30N2O2S. The van der Waals surface area contributed by atoms with E-state index in [4.69, 9.17) is 9.47 Å². The fourth-order valence-electron chi connectivity index (χ4n) is 2.19. The second-order valence-electron chi connectivity index (χ2n) is 4.99. The van der Waals surface area contributed by atoms with E-state index in [2.05, 4.69) is 23.2 Å².